The lowest BCUT2D eigenvalue weighted by atomic mass is 10.2. The van der Waals surface area contributed by atoms with Crippen molar-refractivity contribution >= 4 is 21.6 Å². The summed E-state index contributed by atoms with van der Waals surface area (Å²) in [7, 11) is -3.54. The SMILES string of the molecule is CCN(CC(C)C)S(=O)(=O)c1cnccc1Cl. The van der Waals surface area contributed by atoms with E-state index in [-0.39, 0.29) is 15.8 Å². The highest BCUT2D eigenvalue weighted by Gasteiger charge is 2.26. The molecule has 0 unspecified atom stereocenters. The summed E-state index contributed by atoms with van der Waals surface area (Å²) in [5, 5.41) is 0.210. The predicted molar refractivity (Wildman–Crippen MR) is 68.5 cm³/mol. The van der Waals surface area contributed by atoms with Crippen LogP contribution in [-0.2, 0) is 10.0 Å². The summed E-state index contributed by atoms with van der Waals surface area (Å²) in [6, 6.07) is 1.48. The first-order valence-corrected chi connectivity index (χ1v) is 7.31. The van der Waals surface area contributed by atoms with E-state index >= 15 is 0 Å². The fraction of sp³-hybridized carbons (Fsp3) is 0.545. The average Bonchev–Trinajstić information content (AvgIpc) is 2.25. The zero-order valence-electron chi connectivity index (χ0n) is 10.2. The topological polar surface area (TPSA) is 50.3 Å². The highest BCUT2D eigenvalue weighted by atomic mass is 35.5. The van der Waals surface area contributed by atoms with Gasteiger partial charge in [-0.15, -0.1) is 0 Å². The van der Waals surface area contributed by atoms with Crippen molar-refractivity contribution in [3.05, 3.63) is 23.5 Å². The van der Waals surface area contributed by atoms with Gasteiger partial charge in [0.2, 0.25) is 10.0 Å². The summed E-state index contributed by atoms with van der Waals surface area (Å²) >= 11 is 5.90. The lowest BCUT2D eigenvalue weighted by Crippen LogP contribution is -2.34. The maximum Gasteiger partial charge on any atom is 0.246 e. The monoisotopic (exact) mass is 276 g/mol. The van der Waals surface area contributed by atoms with Crippen LogP contribution in [0.3, 0.4) is 0 Å². The van der Waals surface area contributed by atoms with Crippen molar-refractivity contribution in [1.82, 2.24) is 9.29 Å². The first-order valence-electron chi connectivity index (χ1n) is 5.49. The standard InChI is InChI=1S/C11H17ClN2O2S/c1-4-14(8-9(2)3)17(15,16)11-7-13-6-5-10(11)12/h5-7,9H,4,8H2,1-3H3. The highest BCUT2D eigenvalue weighted by molar-refractivity contribution is 7.89. The van der Waals surface area contributed by atoms with Gasteiger partial charge >= 0.3 is 0 Å². The molecule has 0 saturated carbocycles. The second-order valence-corrected chi connectivity index (χ2v) is 6.47. The van der Waals surface area contributed by atoms with E-state index in [1.165, 1.54) is 22.8 Å². The largest absolute Gasteiger partial charge is 0.263 e. The third-order valence-electron chi connectivity index (χ3n) is 2.27. The fourth-order valence-electron chi connectivity index (χ4n) is 1.50. The lowest BCUT2D eigenvalue weighted by Gasteiger charge is -2.22. The van der Waals surface area contributed by atoms with E-state index < -0.39 is 10.0 Å². The highest BCUT2D eigenvalue weighted by Crippen LogP contribution is 2.23. The Morgan fingerprint density at radius 3 is 2.59 bits per heavy atom. The summed E-state index contributed by atoms with van der Waals surface area (Å²) in [6.07, 6.45) is 2.76. The van der Waals surface area contributed by atoms with Crippen molar-refractivity contribution in [2.24, 2.45) is 5.92 Å². The molecule has 0 bridgehead atoms. The molecule has 0 amide bonds. The Balaban J connectivity index is 3.14. The van der Waals surface area contributed by atoms with Crippen LogP contribution >= 0.6 is 11.6 Å². The number of aromatic nitrogens is 1. The molecule has 1 rings (SSSR count). The molecule has 96 valence electrons. The van der Waals surface area contributed by atoms with Gasteiger partial charge in [0.25, 0.3) is 0 Å². The molecule has 1 heterocycles. The van der Waals surface area contributed by atoms with Gasteiger partial charge in [-0.05, 0) is 12.0 Å². The number of rotatable bonds is 5. The summed E-state index contributed by atoms with van der Waals surface area (Å²) in [6.45, 7) is 6.66. The molecule has 0 saturated heterocycles. The summed E-state index contributed by atoms with van der Waals surface area (Å²) in [5.74, 6) is 0.264. The predicted octanol–water partition coefficient (Wildman–Crippen LogP) is 2.40. The molecule has 0 aliphatic carbocycles. The molecule has 1 aromatic rings. The Bertz CT molecular complexity index is 474. The quantitative estimate of drug-likeness (QED) is 0.830. The molecule has 0 aliphatic heterocycles. The molecule has 0 atom stereocenters. The number of nitrogens with zero attached hydrogens (tertiary/aromatic N) is 2. The fourth-order valence-corrected chi connectivity index (χ4v) is 3.52. The second-order valence-electron chi connectivity index (χ2n) is 4.16. The normalized spacial score (nSPS) is 12.4. The van der Waals surface area contributed by atoms with Gasteiger partial charge in [-0.1, -0.05) is 32.4 Å². The van der Waals surface area contributed by atoms with E-state index in [1.54, 1.807) is 0 Å². The number of halogens is 1. The van der Waals surface area contributed by atoms with Crippen LogP contribution < -0.4 is 0 Å². The van der Waals surface area contributed by atoms with Crippen molar-refractivity contribution < 1.29 is 8.42 Å². The molecule has 0 radical (unpaired) electrons. The maximum atomic E-state index is 12.3. The summed E-state index contributed by atoms with van der Waals surface area (Å²) in [4.78, 5) is 3.89. The summed E-state index contributed by atoms with van der Waals surface area (Å²) in [5.41, 5.74) is 0. The van der Waals surface area contributed by atoms with Gasteiger partial charge in [0.05, 0.1) is 5.02 Å². The van der Waals surface area contributed by atoms with Gasteiger partial charge in [0.15, 0.2) is 0 Å². The van der Waals surface area contributed by atoms with Crippen LogP contribution in [0.4, 0.5) is 0 Å². The van der Waals surface area contributed by atoms with Gasteiger partial charge in [0.1, 0.15) is 4.90 Å². The van der Waals surface area contributed by atoms with Crippen molar-refractivity contribution in [2.45, 2.75) is 25.7 Å². The van der Waals surface area contributed by atoms with E-state index in [9.17, 15) is 8.42 Å². The van der Waals surface area contributed by atoms with Crippen LogP contribution in [0.2, 0.25) is 5.02 Å². The van der Waals surface area contributed by atoms with Crippen molar-refractivity contribution in [3.8, 4) is 0 Å². The molecular weight excluding hydrogens is 260 g/mol. The van der Waals surface area contributed by atoms with E-state index in [1.807, 2.05) is 20.8 Å². The van der Waals surface area contributed by atoms with Crippen LogP contribution in [0.1, 0.15) is 20.8 Å². The van der Waals surface area contributed by atoms with Gasteiger partial charge in [-0.2, -0.15) is 4.31 Å². The number of pyridine rings is 1. The van der Waals surface area contributed by atoms with Crippen LogP contribution in [0.5, 0.6) is 0 Å². The minimum absolute atomic E-state index is 0.0733. The number of hydrogen-bond acceptors (Lipinski definition) is 3. The van der Waals surface area contributed by atoms with Crippen molar-refractivity contribution in [2.75, 3.05) is 13.1 Å². The number of sulfonamides is 1. The third-order valence-corrected chi connectivity index (χ3v) is 4.68. The zero-order chi connectivity index (χ0) is 13.1. The van der Waals surface area contributed by atoms with Crippen LogP contribution in [-0.4, -0.2) is 30.8 Å². The van der Waals surface area contributed by atoms with Gasteiger partial charge in [0, 0.05) is 25.5 Å². The van der Waals surface area contributed by atoms with Crippen molar-refractivity contribution in [3.63, 3.8) is 0 Å². The Hall–Kier alpha value is -0.650. The Morgan fingerprint density at radius 2 is 2.12 bits per heavy atom. The van der Waals surface area contributed by atoms with E-state index in [2.05, 4.69) is 4.98 Å². The van der Waals surface area contributed by atoms with Gasteiger partial charge < -0.3 is 0 Å². The Kier molecular flexibility index (Phi) is 4.91. The van der Waals surface area contributed by atoms with Gasteiger partial charge in [-0.3, -0.25) is 4.98 Å². The molecule has 1 aromatic heterocycles. The second kappa shape index (κ2) is 5.80. The Labute approximate surface area is 108 Å². The average molecular weight is 277 g/mol. The van der Waals surface area contributed by atoms with Crippen LogP contribution in [0.25, 0.3) is 0 Å². The zero-order valence-corrected chi connectivity index (χ0v) is 11.8. The maximum absolute atomic E-state index is 12.3. The van der Waals surface area contributed by atoms with E-state index in [4.69, 9.17) is 11.6 Å². The van der Waals surface area contributed by atoms with Crippen LogP contribution in [0.15, 0.2) is 23.4 Å². The molecule has 0 fully saturated rings. The molecule has 6 heteroatoms. The smallest absolute Gasteiger partial charge is 0.246 e. The molecule has 17 heavy (non-hydrogen) atoms. The minimum atomic E-state index is -3.54. The molecule has 0 N–H and O–H groups in total. The molecule has 0 spiro atoms. The first-order chi connectivity index (χ1) is 7.89. The molecular formula is C11H17ClN2O2S. The van der Waals surface area contributed by atoms with Crippen molar-refractivity contribution in [1.29, 1.82) is 0 Å². The molecule has 0 aliphatic rings. The third kappa shape index (κ3) is 3.40. The van der Waals surface area contributed by atoms with Gasteiger partial charge in [-0.25, -0.2) is 8.42 Å². The van der Waals surface area contributed by atoms with Crippen LogP contribution in [0, 0.1) is 5.92 Å². The van der Waals surface area contributed by atoms with E-state index in [0.29, 0.717) is 13.1 Å². The lowest BCUT2D eigenvalue weighted by molar-refractivity contribution is 0.381. The molecule has 4 nitrogen and oxygen atoms in total. The summed E-state index contributed by atoms with van der Waals surface area (Å²) < 4.78 is 26.1. The first kappa shape index (κ1) is 14.4. The minimum Gasteiger partial charge on any atom is -0.263 e. The molecule has 0 aromatic carbocycles. The Morgan fingerprint density at radius 1 is 1.47 bits per heavy atom. The number of hydrogen-bond donors (Lipinski definition) is 0. The van der Waals surface area contributed by atoms with E-state index in [0.717, 1.165) is 0 Å².